The molecule has 18 heavy (non-hydrogen) atoms. The Bertz CT molecular complexity index is 264. The summed E-state index contributed by atoms with van der Waals surface area (Å²) in [5, 5.41) is 18.5. The summed E-state index contributed by atoms with van der Waals surface area (Å²) < 4.78 is 29.8. The molecule has 1 aliphatic heterocycles. The lowest BCUT2D eigenvalue weighted by Crippen LogP contribution is -2.40. The summed E-state index contributed by atoms with van der Waals surface area (Å²) in [4.78, 5) is 0. The minimum atomic E-state index is -1.48. The minimum Gasteiger partial charge on any atom is -0.394 e. The van der Waals surface area contributed by atoms with Gasteiger partial charge in [0, 0.05) is 6.42 Å². The molecule has 0 amide bonds. The third-order valence-corrected chi connectivity index (χ3v) is 2.58. The molecule has 1 saturated heterocycles. The average Bonchev–Trinajstić information content (AvgIpc) is 2.53. The van der Waals surface area contributed by atoms with Crippen LogP contribution in [0.3, 0.4) is 0 Å². The highest BCUT2D eigenvalue weighted by Gasteiger charge is 2.37. The zero-order chi connectivity index (χ0) is 14.0. The molecule has 0 bridgehead atoms. The summed E-state index contributed by atoms with van der Waals surface area (Å²) in [5.74, 6) is -2.18. The van der Waals surface area contributed by atoms with Crippen LogP contribution in [0.1, 0.15) is 34.1 Å². The van der Waals surface area contributed by atoms with Gasteiger partial charge in [0.25, 0.3) is 0 Å². The topological polar surface area (TPSA) is 68.2 Å². The number of hydrogen-bond donors (Lipinski definition) is 2. The van der Waals surface area contributed by atoms with E-state index in [1.807, 2.05) is 0 Å². The third-order valence-electron chi connectivity index (χ3n) is 2.58. The first-order valence-corrected chi connectivity index (χ1v) is 6.10. The third kappa shape index (κ3) is 5.16. The summed E-state index contributed by atoms with van der Waals surface area (Å²) >= 11 is 0. The Balaban J connectivity index is 2.45. The molecule has 0 radical (unpaired) electrons. The molecule has 1 fully saturated rings. The highest BCUT2D eigenvalue weighted by atomic mass is 19.1. The van der Waals surface area contributed by atoms with Gasteiger partial charge in [-0.05, 0) is 27.7 Å². The van der Waals surface area contributed by atoms with Gasteiger partial charge in [-0.1, -0.05) is 0 Å². The van der Waals surface area contributed by atoms with E-state index in [0.29, 0.717) is 6.61 Å². The first-order valence-electron chi connectivity index (χ1n) is 6.10. The van der Waals surface area contributed by atoms with Crippen LogP contribution in [0, 0.1) is 0 Å². The van der Waals surface area contributed by atoms with Crippen LogP contribution in [0.15, 0.2) is 0 Å². The lowest BCUT2D eigenvalue weighted by Gasteiger charge is -2.28. The van der Waals surface area contributed by atoms with Crippen LogP contribution in [0.5, 0.6) is 0 Å². The molecule has 3 unspecified atom stereocenters. The van der Waals surface area contributed by atoms with E-state index in [-0.39, 0.29) is 12.5 Å². The highest BCUT2D eigenvalue weighted by molar-refractivity contribution is 4.79. The predicted octanol–water partition coefficient (Wildman–Crippen LogP) is 0.972. The van der Waals surface area contributed by atoms with Crippen molar-refractivity contribution in [3.63, 3.8) is 0 Å². The molecule has 5 nitrogen and oxygen atoms in total. The molecule has 3 atom stereocenters. The summed E-state index contributed by atoms with van der Waals surface area (Å²) in [7, 11) is 0. The Morgan fingerprint density at radius 1 is 1.50 bits per heavy atom. The normalized spacial score (nSPS) is 27.2. The van der Waals surface area contributed by atoms with Crippen molar-refractivity contribution < 1.29 is 28.8 Å². The monoisotopic (exact) mass is 266 g/mol. The first-order chi connectivity index (χ1) is 8.13. The molecule has 6 heteroatoms. The smallest absolute Gasteiger partial charge is 0.163 e. The quantitative estimate of drug-likeness (QED) is 0.701. The van der Waals surface area contributed by atoms with E-state index in [4.69, 9.17) is 19.3 Å². The number of hydrogen-bond acceptors (Lipinski definition) is 5. The largest absolute Gasteiger partial charge is 0.394 e. The van der Waals surface area contributed by atoms with Crippen molar-refractivity contribution in [1.29, 1.82) is 0 Å². The van der Waals surface area contributed by atoms with Crippen LogP contribution in [0.2, 0.25) is 0 Å². The summed E-state index contributed by atoms with van der Waals surface area (Å²) in [6.45, 7) is 6.12. The summed E-state index contributed by atoms with van der Waals surface area (Å²) in [6.07, 6.45) is -2.80. The van der Waals surface area contributed by atoms with Crippen LogP contribution < -0.4 is 0 Å². The van der Waals surface area contributed by atoms with Crippen molar-refractivity contribution in [3.8, 4) is 0 Å². The molecule has 1 rings (SSSR count). The van der Waals surface area contributed by atoms with Crippen LogP contribution >= 0.6 is 0 Å². The van der Waals surface area contributed by atoms with Crippen LogP contribution in [0.4, 0.5) is 4.39 Å². The predicted molar refractivity (Wildman–Crippen MR) is 62.7 cm³/mol. The van der Waals surface area contributed by atoms with Gasteiger partial charge in [-0.3, -0.25) is 0 Å². The molecule has 0 aromatic carbocycles. The number of aliphatic hydroxyl groups excluding tert-OH is 1. The zero-order valence-electron chi connectivity index (χ0n) is 11.4. The van der Waals surface area contributed by atoms with E-state index in [1.54, 1.807) is 13.8 Å². The number of aliphatic hydroxyl groups is 2. The lowest BCUT2D eigenvalue weighted by molar-refractivity contribution is -0.228. The molecule has 0 aromatic rings. The van der Waals surface area contributed by atoms with E-state index in [2.05, 4.69) is 0 Å². The van der Waals surface area contributed by atoms with Crippen molar-refractivity contribution in [3.05, 3.63) is 0 Å². The molecule has 0 aliphatic carbocycles. The molecule has 1 aliphatic rings. The standard InChI is InChI=1S/C12H23FO5/c1-11(2,15)18-10(6-14)9(13)5-8-7-16-12(3,4)17-8/h8-10,14-15H,5-7H2,1-4H3. The summed E-state index contributed by atoms with van der Waals surface area (Å²) in [5.41, 5.74) is 0. The SMILES string of the molecule is CC(C)(O)OC(CO)C(F)CC1COC(C)(C)O1. The second-order valence-corrected chi connectivity index (χ2v) is 5.49. The maximum Gasteiger partial charge on any atom is 0.163 e. The second kappa shape index (κ2) is 5.79. The Hall–Kier alpha value is -0.270. The number of ether oxygens (including phenoxy) is 3. The van der Waals surface area contributed by atoms with Gasteiger partial charge in [-0.15, -0.1) is 0 Å². The van der Waals surface area contributed by atoms with E-state index in [1.165, 1.54) is 13.8 Å². The fourth-order valence-corrected chi connectivity index (χ4v) is 1.88. The van der Waals surface area contributed by atoms with Gasteiger partial charge in [-0.25, -0.2) is 4.39 Å². The Labute approximate surface area is 107 Å². The van der Waals surface area contributed by atoms with Gasteiger partial charge in [0.15, 0.2) is 11.6 Å². The van der Waals surface area contributed by atoms with Crippen molar-refractivity contribution >= 4 is 0 Å². The molecule has 0 spiro atoms. The fourth-order valence-electron chi connectivity index (χ4n) is 1.88. The molecular formula is C12H23FO5. The molecule has 0 aromatic heterocycles. The highest BCUT2D eigenvalue weighted by Crippen LogP contribution is 2.27. The van der Waals surface area contributed by atoms with Crippen molar-refractivity contribution in [2.24, 2.45) is 0 Å². The molecular weight excluding hydrogens is 243 g/mol. The molecule has 0 saturated carbocycles. The van der Waals surface area contributed by atoms with Gasteiger partial charge >= 0.3 is 0 Å². The van der Waals surface area contributed by atoms with Gasteiger partial charge in [-0.2, -0.15) is 0 Å². The van der Waals surface area contributed by atoms with E-state index in [0.717, 1.165) is 0 Å². The zero-order valence-corrected chi connectivity index (χ0v) is 11.4. The number of halogens is 1. The van der Waals surface area contributed by atoms with Crippen molar-refractivity contribution in [1.82, 2.24) is 0 Å². The summed E-state index contributed by atoms with van der Waals surface area (Å²) in [6, 6.07) is 0. The second-order valence-electron chi connectivity index (χ2n) is 5.49. The average molecular weight is 266 g/mol. The van der Waals surface area contributed by atoms with Gasteiger partial charge in [0.1, 0.15) is 12.3 Å². The number of alkyl halides is 1. The minimum absolute atomic E-state index is 0.0603. The van der Waals surface area contributed by atoms with Crippen LogP contribution in [-0.2, 0) is 14.2 Å². The van der Waals surface area contributed by atoms with E-state index >= 15 is 0 Å². The van der Waals surface area contributed by atoms with E-state index < -0.39 is 30.5 Å². The van der Waals surface area contributed by atoms with Gasteiger partial charge < -0.3 is 24.4 Å². The maximum atomic E-state index is 14.0. The van der Waals surface area contributed by atoms with Crippen molar-refractivity contribution in [2.45, 2.75) is 64.1 Å². The molecule has 2 N–H and O–H groups in total. The Morgan fingerprint density at radius 2 is 2.11 bits per heavy atom. The molecule has 108 valence electrons. The van der Waals surface area contributed by atoms with Crippen LogP contribution in [-0.4, -0.2) is 53.4 Å². The lowest BCUT2D eigenvalue weighted by atomic mass is 10.1. The molecule has 1 heterocycles. The first kappa shape index (κ1) is 15.8. The number of rotatable bonds is 6. The Morgan fingerprint density at radius 3 is 2.50 bits per heavy atom. The van der Waals surface area contributed by atoms with Crippen molar-refractivity contribution in [2.75, 3.05) is 13.2 Å². The van der Waals surface area contributed by atoms with E-state index in [9.17, 15) is 9.50 Å². The fraction of sp³-hybridized carbons (Fsp3) is 1.00. The van der Waals surface area contributed by atoms with Crippen LogP contribution in [0.25, 0.3) is 0 Å². The maximum absolute atomic E-state index is 14.0. The van der Waals surface area contributed by atoms with Gasteiger partial charge in [0.05, 0.1) is 19.3 Å². The van der Waals surface area contributed by atoms with Gasteiger partial charge in [0.2, 0.25) is 0 Å². The Kier molecular flexibility index (Phi) is 5.08.